The van der Waals surface area contributed by atoms with E-state index < -0.39 is 34.6 Å². The lowest BCUT2D eigenvalue weighted by Crippen LogP contribution is -1.99. The summed E-state index contributed by atoms with van der Waals surface area (Å²) >= 11 is 0. The van der Waals surface area contributed by atoms with Crippen LogP contribution in [0.15, 0.2) is 6.08 Å². The molecular weight excluding hydrogens is 200 g/mol. The van der Waals surface area contributed by atoms with Gasteiger partial charge < -0.3 is 5.11 Å². The summed E-state index contributed by atoms with van der Waals surface area (Å²) in [5.74, 6) is -8.50. The van der Waals surface area contributed by atoms with Crippen LogP contribution >= 0.6 is 0 Å². The third-order valence-electron chi connectivity index (χ3n) is 1.61. The monoisotopic (exact) mass is 206 g/mol. The zero-order chi connectivity index (χ0) is 10.9. The number of phenols is 1. The zero-order valence-corrected chi connectivity index (χ0v) is 7.11. The fraction of sp³-hybridized carbons (Fsp3) is 0.111. The van der Waals surface area contributed by atoms with Gasteiger partial charge in [0.2, 0.25) is 5.82 Å². The van der Waals surface area contributed by atoms with Crippen LogP contribution in [0.4, 0.5) is 17.6 Å². The van der Waals surface area contributed by atoms with Crippen molar-refractivity contribution < 1.29 is 22.7 Å². The first-order valence-electron chi connectivity index (χ1n) is 3.68. The highest BCUT2D eigenvalue weighted by Gasteiger charge is 2.23. The summed E-state index contributed by atoms with van der Waals surface area (Å²) in [6.07, 6.45) is 2.13. The first-order valence-corrected chi connectivity index (χ1v) is 3.68. The lowest BCUT2D eigenvalue weighted by Gasteiger charge is -2.04. The van der Waals surface area contributed by atoms with E-state index in [-0.39, 0.29) is 0 Å². The number of halogens is 4. The average molecular weight is 206 g/mol. The molecule has 1 rings (SSSR count). The van der Waals surface area contributed by atoms with Crippen LogP contribution < -0.4 is 0 Å². The molecule has 0 aliphatic rings. The number of allylic oxidation sites excluding steroid dienone is 1. The molecule has 0 aliphatic heterocycles. The third kappa shape index (κ3) is 1.45. The Balaban J connectivity index is 3.59. The molecule has 0 amide bonds. The van der Waals surface area contributed by atoms with Gasteiger partial charge in [-0.15, -0.1) is 0 Å². The maximum absolute atomic E-state index is 12.9. The molecule has 0 saturated carbocycles. The molecule has 0 heterocycles. The Hall–Kier alpha value is -1.52. The molecule has 76 valence electrons. The Morgan fingerprint density at radius 3 is 2.00 bits per heavy atom. The van der Waals surface area contributed by atoms with Crippen LogP contribution in [0.2, 0.25) is 0 Å². The fourth-order valence-electron chi connectivity index (χ4n) is 0.952. The molecule has 0 aliphatic carbocycles. The lowest BCUT2D eigenvalue weighted by atomic mass is 10.1. The quantitative estimate of drug-likeness (QED) is 0.425. The molecule has 1 aromatic rings. The van der Waals surface area contributed by atoms with Gasteiger partial charge in [-0.1, -0.05) is 12.2 Å². The molecule has 1 aromatic carbocycles. The van der Waals surface area contributed by atoms with Crippen LogP contribution in [0.3, 0.4) is 0 Å². The average Bonchev–Trinajstić information content (AvgIpc) is 2.19. The Kier molecular flexibility index (Phi) is 2.78. The van der Waals surface area contributed by atoms with Crippen LogP contribution in [0.5, 0.6) is 5.75 Å². The Labute approximate surface area is 77.3 Å². The summed E-state index contributed by atoms with van der Waals surface area (Å²) < 4.78 is 51.0. The SMILES string of the molecule is CC=Cc1c(F)c(O)c(F)c(F)c1F. The maximum atomic E-state index is 12.9. The minimum absolute atomic E-state index is 0.802. The van der Waals surface area contributed by atoms with Gasteiger partial charge >= 0.3 is 0 Å². The van der Waals surface area contributed by atoms with E-state index in [4.69, 9.17) is 5.11 Å². The van der Waals surface area contributed by atoms with Crippen molar-refractivity contribution in [2.45, 2.75) is 6.92 Å². The molecule has 0 unspecified atom stereocenters. The second-order valence-electron chi connectivity index (χ2n) is 2.52. The smallest absolute Gasteiger partial charge is 0.206 e. The molecule has 1 nitrogen and oxygen atoms in total. The van der Waals surface area contributed by atoms with Gasteiger partial charge in [0.05, 0.1) is 5.56 Å². The van der Waals surface area contributed by atoms with Crippen LogP contribution in [0, 0.1) is 23.3 Å². The third-order valence-corrected chi connectivity index (χ3v) is 1.61. The van der Waals surface area contributed by atoms with E-state index in [1.54, 1.807) is 0 Å². The maximum Gasteiger partial charge on any atom is 0.206 e. The van der Waals surface area contributed by atoms with E-state index >= 15 is 0 Å². The standard InChI is InChI=1S/C9H6F4O/c1-2-3-4-5(10)7(12)8(13)9(14)6(4)11/h2-3,14H,1H3. The summed E-state index contributed by atoms with van der Waals surface area (Å²) in [5, 5.41) is 8.73. The molecule has 0 fully saturated rings. The predicted octanol–water partition coefficient (Wildman–Crippen LogP) is 2.98. The van der Waals surface area contributed by atoms with Crippen molar-refractivity contribution in [3.63, 3.8) is 0 Å². The van der Waals surface area contributed by atoms with Crippen LogP contribution in [-0.2, 0) is 0 Å². The minimum atomic E-state index is -1.92. The summed E-state index contributed by atoms with van der Waals surface area (Å²) in [6.45, 7) is 1.44. The van der Waals surface area contributed by atoms with E-state index in [1.807, 2.05) is 0 Å². The van der Waals surface area contributed by atoms with Gasteiger partial charge in [-0.2, -0.15) is 4.39 Å². The number of hydrogen-bond donors (Lipinski definition) is 1. The number of phenolic OH excluding ortho intramolecular Hbond substituents is 1. The largest absolute Gasteiger partial charge is 0.503 e. The van der Waals surface area contributed by atoms with Crippen LogP contribution in [-0.4, -0.2) is 5.11 Å². The van der Waals surface area contributed by atoms with Crippen molar-refractivity contribution in [2.75, 3.05) is 0 Å². The van der Waals surface area contributed by atoms with Gasteiger partial charge in [-0.25, -0.2) is 13.2 Å². The molecule has 0 aromatic heterocycles. The molecule has 0 spiro atoms. The fourth-order valence-corrected chi connectivity index (χ4v) is 0.952. The second-order valence-corrected chi connectivity index (χ2v) is 2.52. The first-order chi connectivity index (χ1) is 6.50. The van der Waals surface area contributed by atoms with E-state index in [2.05, 4.69) is 0 Å². The lowest BCUT2D eigenvalue weighted by molar-refractivity contribution is 0.357. The van der Waals surface area contributed by atoms with Crippen LogP contribution in [0.25, 0.3) is 6.08 Å². The van der Waals surface area contributed by atoms with Crippen molar-refractivity contribution in [3.05, 3.63) is 34.9 Å². The molecule has 14 heavy (non-hydrogen) atoms. The van der Waals surface area contributed by atoms with E-state index in [0.717, 1.165) is 6.08 Å². The second kappa shape index (κ2) is 3.69. The Bertz CT molecular complexity index is 369. The van der Waals surface area contributed by atoms with Crippen molar-refractivity contribution in [1.82, 2.24) is 0 Å². The number of benzene rings is 1. The zero-order valence-electron chi connectivity index (χ0n) is 7.11. The molecular formula is C9H6F4O. The first kappa shape index (κ1) is 10.6. The summed E-state index contributed by atoms with van der Waals surface area (Å²) in [6, 6.07) is 0. The van der Waals surface area contributed by atoms with Crippen molar-refractivity contribution in [3.8, 4) is 5.75 Å². The summed E-state index contributed by atoms with van der Waals surface area (Å²) in [4.78, 5) is 0. The molecule has 0 bridgehead atoms. The Morgan fingerprint density at radius 1 is 0.929 bits per heavy atom. The van der Waals surface area contributed by atoms with Gasteiger partial charge in [-0.3, -0.25) is 0 Å². The number of aromatic hydroxyl groups is 1. The molecule has 5 heteroatoms. The molecule has 0 saturated heterocycles. The van der Waals surface area contributed by atoms with Gasteiger partial charge in [-0.05, 0) is 6.92 Å². The number of hydrogen-bond acceptors (Lipinski definition) is 1. The minimum Gasteiger partial charge on any atom is -0.503 e. The topological polar surface area (TPSA) is 20.2 Å². The van der Waals surface area contributed by atoms with E-state index in [1.165, 1.54) is 13.0 Å². The number of rotatable bonds is 1. The molecule has 0 radical (unpaired) electrons. The van der Waals surface area contributed by atoms with Gasteiger partial charge in [0.25, 0.3) is 0 Å². The van der Waals surface area contributed by atoms with Gasteiger partial charge in [0.15, 0.2) is 23.2 Å². The highest BCUT2D eigenvalue weighted by Crippen LogP contribution is 2.29. The van der Waals surface area contributed by atoms with E-state index in [9.17, 15) is 17.6 Å². The van der Waals surface area contributed by atoms with Gasteiger partial charge in [0, 0.05) is 0 Å². The van der Waals surface area contributed by atoms with Crippen molar-refractivity contribution in [2.24, 2.45) is 0 Å². The van der Waals surface area contributed by atoms with E-state index in [0.29, 0.717) is 0 Å². The van der Waals surface area contributed by atoms with Crippen LogP contribution in [0.1, 0.15) is 12.5 Å². The molecule has 0 atom stereocenters. The van der Waals surface area contributed by atoms with Crippen molar-refractivity contribution in [1.29, 1.82) is 0 Å². The van der Waals surface area contributed by atoms with Gasteiger partial charge in [0.1, 0.15) is 0 Å². The normalized spacial score (nSPS) is 11.2. The highest BCUT2D eigenvalue weighted by atomic mass is 19.2. The summed E-state index contributed by atoms with van der Waals surface area (Å²) in [5.41, 5.74) is -0.802. The Morgan fingerprint density at radius 2 is 1.50 bits per heavy atom. The predicted molar refractivity (Wildman–Crippen MR) is 42.6 cm³/mol. The summed E-state index contributed by atoms with van der Waals surface area (Å²) in [7, 11) is 0. The van der Waals surface area contributed by atoms with Crippen molar-refractivity contribution >= 4 is 6.08 Å². The highest BCUT2D eigenvalue weighted by molar-refractivity contribution is 5.54. The molecule has 1 N–H and O–H groups in total.